The predicted molar refractivity (Wildman–Crippen MR) is 126 cm³/mol. The summed E-state index contributed by atoms with van der Waals surface area (Å²) < 4.78 is 0. The van der Waals surface area contributed by atoms with Gasteiger partial charge in [0.2, 0.25) is 29.5 Å². The number of amides is 5. The number of carbonyl (C=O) groups excluding carboxylic acids is 5. The monoisotopic (exact) mass is 508 g/mol. The molecule has 36 heavy (non-hydrogen) atoms. The molecule has 0 radical (unpaired) electrons. The van der Waals surface area contributed by atoms with Crippen LogP contribution in [0.25, 0.3) is 0 Å². The number of carbonyl (C=O) groups is 6. The molecule has 1 aromatic rings. The zero-order chi connectivity index (χ0) is 27.6. The van der Waals surface area contributed by atoms with Crippen LogP contribution in [-0.2, 0) is 35.2 Å². The standard InChI is InChI=1S/C22H32N6O8/c1-10(2)18(25)21(34)27-14(8-16(23)30)20(33)26-13(7-11-3-5-12(29)6-4-11)19(32)28-15(22(35)36)9-17(24)31/h3-6,10,13-15,18,29H,7-9,25H2,1-2H3,(H2,23,30)(H2,24,31)(H,26,33)(H,27,34)(H,28,32)(H,35,36). The van der Waals surface area contributed by atoms with Gasteiger partial charge in [-0.3, -0.25) is 24.0 Å². The number of aliphatic carboxylic acids is 1. The Balaban J connectivity index is 3.19. The maximum atomic E-state index is 13.0. The molecule has 1 rings (SSSR count). The molecule has 14 heteroatoms. The van der Waals surface area contributed by atoms with Gasteiger partial charge in [-0.05, 0) is 23.6 Å². The van der Waals surface area contributed by atoms with E-state index in [4.69, 9.17) is 17.2 Å². The summed E-state index contributed by atoms with van der Waals surface area (Å²) in [6, 6.07) is 0.0482. The molecule has 0 aliphatic rings. The van der Waals surface area contributed by atoms with Crippen LogP contribution in [0.1, 0.15) is 32.3 Å². The molecule has 0 saturated carbocycles. The summed E-state index contributed by atoms with van der Waals surface area (Å²) in [4.78, 5) is 72.4. The summed E-state index contributed by atoms with van der Waals surface area (Å²) in [6.45, 7) is 3.35. The molecule has 4 unspecified atom stereocenters. The van der Waals surface area contributed by atoms with Crippen LogP contribution in [0.15, 0.2) is 24.3 Å². The van der Waals surface area contributed by atoms with Crippen LogP contribution in [0, 0.1) is 5.92 Å². The number of benzene rings is 1. The summed E-state index contributed by atoms with van der Waals surface area (Å²) >= 11 is 0. The van der Waals surface area contributed by atoms with E-state index in [1.54, 1.807) is 13.8 Å². The highest BCUT2D eigenvalue weighted by molar-refractivity contribution is 5.96. The van der Waals surface area contributed by atoms with E-state index in [0.29, 0.717) is 5.56 Å². The van der Waals surface area contributed by atoms with Crippen molar-refractivity contribution >= 4 is 35.5 Å². The van der Waals surface area contributed by atoms with Crippen molar-refractivity contribution in [2.75, 3.05) is 0 Å². The van der Waals surface area contributed by atoms with Crippen LogP contribution in [0.4, 0.5) is 0 Å². The number of primary amides is 2. The number of rotatable bonds is 14. The van der Waals surface area contributed by atoms with Crippen LogP contribution in [0.3, 0.4) is 0 Å². The second kappa shape index (κ2) is 13.6. The molecule has 11 N–H and O–H groups in total. The molecule has 0 fully saturated rings. The van der Waals surface area contributed by atoms with Gasteiger partial charge in [-0.15, -0.1) is 0 Å². The summed E-state index contributed by atoms with van der Waals surface area (Å²) in [6.07, 6.45) is -1.48. The van der Waals surface area contributed by atoms with E-state index in [1.807, 2.05) is 0 Å². The molecule has 0 saturated heterocycles. The van der Waals surface area contributed by atoms with Crippen molar-refractivity contribution in [1.82, 2.24) is 16.0 Å². The zero-order valence-electron chi connectivity index (χ0n) is 19.9. The minimum atomic E-state index is -1.67. The fraction of sp³-hybridized carbons (Fsp3) is 0.455. The van der Waals surface area contributed by atoms with Gasteiger partial charge >= 0.3 is 5.97 Å². The van der Waals surface area contributed by atoms with Crippen molar-refractivity contribution in [3.8, 4) is 5.75 Å². The van der Waals surface area contributed by atoms with Crippen LogP contribution in [0.2, 0.25) is 0 Å². The predicted octanol–water partition coefficient (Wildman–Crippen LogP) is -2.79. The SMILES string of the molecule is CC(C)C(N)C(=O)NC(CC(N)=O)C(=O)NC(Cc1ccc(O)cc1)C(=O)NC(CC(N)=O)C(=O)O. The third-order valence-corrected chi connectivity index (χ3v) is 5.09. The number of nitrogens with two attached hydrogens (primary N) is 3. The van der Waals surface area contributed by atoms with Crippen molar-refractivity contribution in [1.29, 1.82) is 0 Å². The highest BCUT2D eigenvalue weighted by Crippen LogP contribution is 2.12. The average Bonchev–Trinajstić information content (AvgIpc) is 2.77. The molecule has 0 spiro atoms. The van der Waals surface area contributed by atoms with E-state index in [-0.39, 0.29) is 18.1 Å². The molecule has 198 valence electrons. The Morgan fingerprint density at radius 3 is 1.69 bits per heavy atom. The number of aromatic hydroxyl groups is 1. The molecule has 0 aliphatic heterocycles. The van der Waals surface area contributed by atoms with Crippen molar-refractivity contribution < 1.29 is 39.0 Å². The normalized spacial score (nSPS) is 14.1. The van der Waals surface area contributed by atoms with Crippen molar-refractivity contribution in [3.05, 3.63) is 29.8 Å². The first kappa shape index (κ1) is 29.8. The van der Waals surface area contributed by atoms with Gasteiger partial charge < -0.3 is 43.4 Å². The smallest absolute Gasteiger partial charge is 0.326 e. The maximum Gasteiger partial charge on any atom is 0.326 e. The quantitative estimate of drug-likeness (QED) is 0.129. The van der Waals surface area contributed by atoms with Crippen LogP contribution in [-0.4, -0.2) is 69.9 Å². The molecule has 0 bridgehead atoms. The van der Waals surface area contributed by atoms with Gasteiger partial charge in [-0.25, -0.2) is 4.79 Å². The van der Waals surface area contributed by atoms with E-state index < -0.39 is 72.5 Å². The van der Waals surface area contributed by atoms with Gasteiger partial charge in [0.15, 0.2) is 0 Å². The lowest BCUT2D eigenvalue weighted by molar-refractivity contribution is -0.143. The number of phenolic OH excluding ortho intramolecular Hbond substituents is 1. The van der Waals surface area contributed by atoms with Gasteiger partial charge in [-0.2, -0.15) is 0 Å². The minimum Gasteiger partial charge on any atom is -0.508 e. The first-order chi connectivity index (χ1) is 16.7. The van der Waals surface area contributed by atoms with E-state index in [2.05, 4.69) is 16.0 Å². The topological polar surface area (TPSA) is 257 Å². The lowest BCUT2D eigenvalue weighted by atomic mass is 10.0. The third kappa shape index (κ3) is 9.97. The maximum absolute atomic E-state index is 13.0. The first-order valence-corrected chi connectivity index (χ1v) is 10.9. The number of carboxylic acid groups (broad SMARTS) is 1. The third-order valence-electron chi connectivity index (χ3n) is 5.09. The zero-order valence-corrected chi connectivity index (χ0v) is 19.9. The molecule has 1 aromatic carbocycles. The Morgan fingerprint density at radius 2 is 1.22 bits per heavy atom. The van der Waals surface area contributed by atoms with Crippen LogP contribution in [0.5, 0.6) is 5.75 Å². The van der Waals surface area contributed by atoms with E-state index in [0.717, 1.165) is 0 Å². The lowest BCUT2D eigenvalue weighted by Crippen LogP contribution is -2.58. The van der Waals surface area contributed by atoms with Gasteiger partial charge in [0.05, 0.1) is 18.9 Å². The number of hydrogen-bond donors (Lipinski definition) is 8. The van der Waals surface area contributed by atoms with E-state index in [1.165, 1.54) is 24.3 Å². The minimum absolute atomic E-state index is 0.0538. The van der Waals surface area contributed by atoms with Gasteiger partial charge in [-0.1, -0.05) is 26.0 Å². The molecule has 0 aliphatic carbocycles. The fourth-order valence-electron chi connectivity index (χ4n) is 3.00. The van der Waals surface area contributed by atoms with Crippen molar-refractivity contribution in [2.24, 2.45) is 23.1 Å². The Kier molecular flexibility index (Phi) is 11.3. The Labute approximate surface area is 206 Å². The average molecular weight is 509 g/mol. The Bertz CT molecular complexity index is 981. The number of phenols is 1. The van der Waals surface area contributed by atoms with E-state index >= 15 is 0 Å². The molecular formula is C22H32N6O8. The van der Waals surface area contributed by atoms with E-state index in [9.17, 15) is 39.0 Å². The number of carboxylic acids is 1. The van der Waals surface area contributed by atoms with Crippen LogP contribution < -0.4 is 33.2 Å². The summed E-state index contributed by atoms with van der Waals surface area (Å²) in [5.41, 5.74) is 16.5. The molecule has 4 atom stereocenters. The van der Waals surface area contributed by atoms with Crippen LogP contribution >= 0.6 is 0 Å². The molecule has 0 aromatic heterocycles. The van der Waals surface area contributed by atoms with Gasteiger partial charge in [0.25, 0.3) is 0 Å². The molecular weight excluding hydrogens is 476 g/mol. The highest BCUT2D eigenvalue weighted by atomic mass is 16.4. The summed E-state index contributed by atoms with van der Waals surface area (Å²) in [5.74, 6) is -6.42. The highest BCUT2D eigenvalue weighted by Gasteiger charge is 2.32. The summed E-state index contributed by atoms with van der Waals surface area (Å²) in [7, 11) is 0. The second-order valence-corrected chi connectivity index (χ2v) is 8.50. The number of nitrogens with one attached hydrogen (secondary N) is 3. The van der Waals surface area contributed by atoms with Gasteiger partial charge in [0, 0.05) is 6.42 Å². The lowest BCUT2D eigenvalue weighted by Gasteiger charge is -2.25. The Morgan fingerprint density at radius 1 is 0.778 bits per heavy atom. The molecule has 5 amide bonds. The van der Waals surface area contributed by atoms with Crippen molar-refractivity contribution in [3.63, 3.8) is 0 Å². The molecule has 14 nitrogen and oxygen atoms in total. The van der Waals surface area contributed by atoms with Crippen molar-refractivity contribution in [2.45, 2.75) is 57.3 Å². The fourth-order valence-corrected chi connectivity index (χ4v) is 3.00. The Hall–Kier alpha value is -4.20. The first-order valence-electron chi connectivity index (χ1n) is 10.9. The second-order valence-electron chi connectivity index (χ2n) is 8.50. The molecule has 0 heterocycles. The van der Waals surface area contributed by atoms with Gasteiger partial charge in [0.1, 0.15) is 23.9 Å². The summed E-state index contributed by atoms with van der Waals surface area (Å²) in [5, 5.41) is 25.6. The number of hydrogen-bond acceptors (Lipinski definition) is 8. The largest absolute Gasteiger partial charge is 0.508 e.